The lowest BCUT2D eigenvalue weighted by Gasteiger charge is -2.29. The predicted octanol–water partition coefficient (Wildman–Crippen LogP) is 1.49. The molecule has 7 nitrogen and oxygen atoms in total. The van der Waals surface area contributed by atoms with Crippen LogP contribution in [0.2, 0.25) is 0 Å². The van der Waals surface area contributed by atoms with Gasteiger partial charge in [0.1, 0.15) is 0 Å². The number of hydrogen-bond donors (Lipinski definition) is 1. The van der Waals surface area contributed by atoms with E-state index >= 15 is 0 Å². The molecule has 1 aliphatic rings. The number of rotatable bonds is 6. The van der Waals surface area contributed by atoms with E-state index in [0.29, 0.717) is 31.1 Å². The van der Waals surface area contributed by atoms with Gasteiger partial charge in [0.2, 0.25) is 0 Å². The van der Waals surface area contributed by atoms with E-state index in [1.54, 1.807) is 34.4 Å². The first-order valence-electron chi connectivity index (χ1n) is 8.65. The fourth-order valence-electron chi connectivity index (χ4n) is 3.71. The molecule has 0 spiro atoms. The summed E-state index contributed by atoms with van der Waals surface area (Å²) in [7, 11) is 3.70. The number of carboxylic acids is 1. The summed E-state index contributed by atoms with van der Waals surface area (Å²) in [6, 6.07) is 4.88. The Bertz CT molecular complexity index is 824. The molecule has 0 bridgehead atoms. The molecule has 1 aromatic carbocycles. The Morgan fingerprint density at radius 1 is 1.32 bits per heavy atom. The maximum atomic E-state index is 12.9. The van der Waals surface area contributed by atoms with E-state index in [9.17, 15) is 14.7 Å². The number of carbonyl (C=O) groups is 1. The second-order valence-electron chi connectivity index (χ2n) is 6.82. The quantitative estimate of drug-likeness (QED) is 0.857. The maximum Gasteiger partial charge on any atom is 0.335 e. The zero-order chi connectivity index (χ0) is 18.0. The number of aromatic nitrogens is 2. The number of nitrogens with zero attached hydrogens (tertiary/aromatic N) is 3. The molecule has 1 N–H and O–H groups in total. The largest absolute Gasteiger partial charge is 0.478 e. The number of carboxylic acid groups (broad SMARTS) is 1. The van der Waals surface area contributed by atoms with E-state index in [1.165, 1.54) is 0 Å². The molecule has 2 heterocycles. The van der Waals surface area contributed by atoms with Crippen molar-refractivity contribution in [1.82, 2.24) is 14.0 Å². The Hall–Kier alpha value is -2.12. The Morgan fingerprint density at radius 3 is 2.80 bits per heavy atom. The van der Waals surface area contributed by atoms with Crippen LogP contribution in [0.25, 0.3) is 11.0 Å². The molecule has 7 heteroatoms. The van der Waals surface area contributed by atoms with Crippen LogP contribution in [0.15, 0.2) is 23.0 Å². The van der Waals surface area contributed by atoms with Crippen LogP contribution >= 0.6 is 0 Å². The molecule has 25 heavy (non-hydrogen) atoms. The standard InChI is InChI=1S/C18H25N3O4/c1-19-7-3-4-13(11-19)12-21-16-10-14(17(22)23)5-6-15(16)20(18(21)24)8-9-25-2/h5-6,10,13H,3-4,7-9,11-12H2,1-2H3,(H,22,23). The van der Waals surface area contributed by atoms with Crippen LogP contribution < -0.4 is 5.69 Å². The summed E-state index contributed by atoms with van der Waals surface area (Å²) in [5.41, 5.74) is 1.55. The van der Waals surface area contributed by atoms with Crippen molar-refractivity contribution in [2.45, 2.75) is 25.9 Å². The lowest BCUT2D eigenvalue weighted by Crippen LogP contribution is -2.36. The van der Waals surface area contributed by atoms with Crippen molar-refractivity contribution in [3.63, 3.8) is 0 Å². The molecule has 1 unspecified atom stereocenters. The summed E-state index contributed by atoms with van der Waals surface area (Å²) in [6.07, 6.45) is 2.21. The van der Waals surface area contributed by atoms with E-state index in [4.69, 9.17) is 4.74 Å². The molecule has 0 aliphatic carbocycles. The van der Waals surface area contributed by atoms with Gasteiger partial charge < -0.3 is 14.7 Å². The van der Waals surface area contributed by atoms with Gasteiger partial charge in [-0.15, -0.1) is 0 Å². The highest BCUT2D eigenvalue weighted by Crippen LogP contribution is 2.21. The summed E-state index contributed by atoms with van der Waals surface area (Å²) < 4.78 is 8.53. The molecule has 0 amide bonds. The average molecular weight is 347 g/mol. The topological polar surface area (TPSA) is 76.7 Å². The van der Waals surface area contributed by atoms with Crippen molar-refractivity contribution < 1.29 is 14.6 Å². The van der Waals surface area contributed by atoms with Crippen LogP contribution in [0.3, 0.4) is 0 Å². The fourth-order valence-corrected chi connectivity index (χ4v) is 3.71. The molecule has 136 valence electrons. The van der Waals surface area contributed by atoms with E-state index in [0.717, 1.165) is 31.4 Å². The molecule has 3 rings (SSSR count). The second kappa shape index (κ2) is 7.41. The monoisotopic (exact) mass is 347 g/mol. The van der Waals surface area contributed by atoms with Gasteiger partial charge in [-0.05, 0) is 50.6 Å². The van der Waals surface area contributed by atoms with Gasteiger partial charge in [-0.1, -0.05) is 0 Å². The van der Waals surface area contributed by atoms with Crippen LogP contribution in [0.1, 0.15) is 23.2 Å². The van der Waals surface area contributed by atoms with Crippen LogP contribution in [-0.2, 0) is 17.8 Å². The SMILES string of the molecule is COCCn1c(=O)n(CC2CCCN(C)C2)c2cc(C(=O)O)ccc21. The van der Waals surface area contributed by atoms with Crippen molar-refractivity contribution in [3.05, 3.63) is 34.2 Å². The summed E-state index contributed by atoms with van der Waals surface area (Å²) in [4.78, 5) is 26.6. The predicted molar refractivity (Wildman–Crippen MR) is 95.3 cm³/mol. The summed E-state index contributed by atoms with van der Waals surface area (Å²) in [6.45, 7) is 3.55. The third kappa shape index (κ3) is 3.62. The van der Waals surface area contributed by atoms with Gasteiger partial charge in [0.15, 0.2) is 0 Å². The molecule has 1 aliphatic heterocycles. The third-order valence-electron chi connectivity index (χ3n) is 4.95. The number of methoxy groups -OCH3 is 1. The molecular formula is C18H25N3O4. The van der Waals surface area contributed by atoms with Gasteiger partial charge >= 0.3 is 11.7 Å². The minimum Gasteiger partial charge on any atom is -0.478 e. The van der Waals surface area contributed by atoms with Crippen LogP contribution in [0, 0.1) is 5.92 Å². The lowest BCUT2D eigenvalue weighted by atomic mass is 9.98. The fraction of sp³-hybridized carbons (Fsp3) is 0.556. The Labute approximate surface area is 146 Å². The highest BCUT2D eigenvalue weighted by Gasteiger charge is 2.21. The van der Waals surface area contributed by atoms with Crippen LogP contribution in [0.5, 0.6) is 0 Å². The zero-order valence-corrected chi connectivity index (χ0v) is 14.8. The number of imidazole rings is 1. The van der Waals surface area contributed by atoms with E-state index < -0.39 is 5.97 Å². The molecule has 0 radical (unpaired) electrons. The number of piperidine rings is 1. The van der Waals surface area contributed by atoms with Gasteiger partial charge in [0.05, 0.1) is 29.7 Å². The van der Waals surface area contributed by atoms with E-state index in [2.05, 4.69) is 11.9 Å². The van der Waals surface area contributed by atoms with Crippen molar-refractivity contribution in [1.29, 1.82) is 0 Å². The molecule has 0 saturated carbocycles. The number of likely N-dealkylation sites (tertiary alicyclic amines) is 1. The van der Waals surface area contributed by atoms with Crippen LogP contribution in [-0.4, -0.2) is 59.0 Å². The normalized spacial score (nSPS) is 18.7. The number of fused-ring (bicyclic) bond motifs is 1. The minimum atomic E-state index is -0.983. The van der Waals surface area contributed by atoms with Gasteiger partial charge in [0.25, 0.3) is 0 Å². The molecule has 2 aromatic rings. The zero-order valence-electron chi connectivity index (χ0n) is 14.8. The van der Waals surface area contributed by atoms with E-state index in [1.807, 2.05) is 0 Å². The molecule has 1 atom stereocenters. The van der Waals surface area contributed by atoms with Gasteiger partial charge in [0, 0.05) is 20.2 Å². The molecule has 1 fully saturated rings. The molecule has 1 aromatic heterocycles. The van der Waals surface area contributed by atoms with Crippen molar-refractivity contribution in [2.75, 3.05) is 33.9 Å². The summed E-state index contributed by atoms with van der Waals surface area (Å²) in [5, 5.41) is 9.29. The highest BCUT2D eigenvalue weighted by molar-refractivity contribution is 5.92. The van der Waals surface area contributed by atoms with Crippen LogP contribution in [0.4, 0.5) is 0 Å². The van der Waals surface area contributed by atoms with Crippen molar-refractivity contribution >= 4 is 17.0 Å². The van der Waals surface area contributed by atoms with E-state index in [-0.39, 0.29) is 11.3 Å². The Kier molecular flexibility index (Phi) is 5.24. The minimum absolute atomic E-state index is 0.0946. The molecule has 1 saturated heterocycles. The van der Waals surface area contributed by atoms with Gasteiger partial charge in [-0.3, -0.25) is 9.13 Å². The number of ether oxygens (including phenoxy) is 1. The third-order valence-corrected chi connectivity index (χ3v) is 4.95. The average Bonchev–Trinajstić information content (AvgIpc) is 2.84. The van der Waals surface area contributed by atoms with Gasteiger partial charge in [-0.25, -0.2) is 9.59 Å². The number of aromatic carboxylic acids is 1. The first-order valence-corrected chi connectivity index (χ1v) is 8.65. The van der Waals surface area contributed by atoms with Crippen molar-refractivity contribution in [3.8, 4) is 0 Å². The number of benzene rings is 1. The Balaban J connectivity index is 2.04. The smallest absolute Gasteiger partial charge is 0.335 e. The van der Waals surface area contributed by atoms with Crippen molar-refractivity contribution in [2.24, 2.45) is 5.92 Å². The number of hydrogen-bond acceptors (Lipinski definition) is 4. The molecular weight excluding hydrogens is 322 g/mol. The lowest BCUT2D eigenvalue weighted by molar-refractivity contribution is 0.0697. The highest BCUT2D eigenvalue weighted by atomic mass is 16.5. The first-order chi connectivity index (χ1) is 12.0. The first kappa shape index (κ1) is 17.7. The second-order valence-corrected chi connectivity index (χ2v) is 6.82. The Morgan fingerprint density at radius 2 is 2.12 bits per heavy atom. The summed E-state index contributed by atoms with van der Waals surface area (Å²) in [5.74, 6) is -0.589. The maximum absolute atomic E-state index is 12.9. The van der Waals surface area contributed by atoms with Gasteiger partial charge in [-0.2, -0.15) is 0 Å². The summed E-state index contributed by atoms with van der Waals surface area (Å²) >= 11 is 0.